The fourth-order valence-corrected chi connectivity index (χ4v) is 3.14. The van der Waals surface area contributed by atoms with Gasteiger partial charge in [-0.05, 0) is 63.5 Å². The molecule has 1 heterocycles. The fraction of sp³-hybridized carbons (Fsp3) is 0.321. The lowest BCUT2D eigenvalue weighted by atomic mass is 10.0. The van der Waals surface area contributed by atoms with Gasteiger partial charge in [0.25, 0.3) is 0 Å². The number of benzene rings is 3. The van der Waals surface area contributed by atoms with Crippen LogP contribution in [-0.2, 0) is 12.8 Å². The largest absolute Gasteiger partial charge is 0.238 e. The molecule has 0 bridgehead atoms. The lowest BCUT2D eigenvalue weighted by Crippen LogP contribution is -2.36. The molecule has 0 radical (unpaired) electrons. The summed E-state index contributed by atoms with van der Waals surface area (Å²) in [6.45, 7) is 17.6. The molecule has 1 N–H and O–H groups in total. The second-order valence-corrected chi connectivity index (χ2v) is 8.65. The molecule has 6 nitrogen and oxygen atoms in total. The van der Waals surface area contributed by atoms with Crippen molar-refractivity contribution in [1.82, 2.24) is 20.9 Å². The van der Waals surface area contributed by atoms with E-state index in [1.165, 1.54) is 27.9 Å². The van der Waals surface area contributed by atoms with Gasteiger partial charge in [0, 0.05) is 0 Å². The molecule has 0 aliphatic heterocycles. The highest BCUT2D eigenvalue weighted by Gasteiger charge is 2.04. The molecule has 0 amide bonds. The monoisotopic (exact) mass is 455 g/mol. The summed E-state index contributed by atoms with van der Waals surface area (Å²) in [4.78, 5) is 4.83. The van der Waals surface area contributed by atoms with E-state index in [-0.39, 0.29) is 0 Å². The van der Waals surface area contributed by atoms with E-state index in [2.05, 4.69) is 103 Å². The molecular weight excluding hydrogens is 420 g/mol. The summed E-state index contributed by atoms with van der Waals surface area (Å²) >= 11 is 0. The van der Waals surface area contributed by atoms with Gasteiger partial charge in [-0.1, -0.05) is 101 Å². The van der Waals surface area contributed by atoms with Crippen LogP contribution >= 0.6 is 0 Å². The predicted molar refractivity (Wildman–Crippen MR) is 137 cm³/mol. The summed E-state index contributed by atoms with van der Waals surface area (Å²) in [5, 5.41) is 13.3. The van der Waals surface area contributed by atoms with Crippen LogP contribution in [0.4, 0.5) is 5.69 Å². The van der Waals surface area contributed by atoms with Crippen molar-refractivity contribution in [1.29, 1.82) is 0 Å². The normalized spacial score (nSPS) is 10.1. The van der Waals surface area contributed by atoms with Crippen LogP contribution in [0.25, 0.3) is 10.5 Å². The first-order valence-electron chi connectivity index (χ1n) is 11.7. The number of aromatic nitrogens is 5. The van der Waals surface area contributed by atoms with Crippen molar-refractivity contribution in [2.45, 2.75) is 53.4 Å². The van der Waals surface area contributed by atoms with Gasteiger partial charge < -0.3 is 0 Å². The Labute approximate surface area is 203 Å². The molecule has 6 heteroatoms. The Hall–Kier alpha value is -3.85. The standard InChI is InChI=1S/C10H11N.C10H14.C8H9N5/c1-8(2)9-4-6-10(11-3)7-5-9;1-9(2)8-10-6-4-3-5-7-10;1-2-7-3-5-8(6-4-7)13-11-9-10-12-13/h4-8H,1-2H3;3-7,9H,8H2,1-2H3;3-6H,2H2,1H3/p+1. The number of nitrogens with one attached hydrogen (secondary N) is 1. The quantitative estimate of drug-likeness (QED) is 0.284. The predicted octanol–water partition coefficient (Wildman–Crippen LogP) is 6.28. The van der Waals surface area contributed by atoms with Crippen LogP contribution in [0.5, 0.6) is 0 Å². The van der Waals surface area contributed by atoms with Crippen molar-refractivity contribution in [3.8, 4) is 5.69 Å². The fourth-order valence-electron chi connectivity index (χ4n) is 3.14. The Kier molecular flexibility index (Phi) is 11.1. The van der Waals surface area contributed by atoms with E-state index in [1.807, 2.05) is 36.4 Å². The van der Waals surface area contributed by atoms with E-state index in [0.29, 0.717) is 5.92 Å². The molecule has 0 spiro atoms. The molecule has 0 saturated carbocycles. The number of hydrogen-bond acceptors (Lipinski definition) is 3. The number of rotatable bonds is 5. The Morgan fingerprint density at radius 1 is 0.853 bits per heavy atom. The zero-order valence-electron chi connectivity index (χ0n) is 20.8. The minimum absolute atomic E-state index is 0.551. The highest BCUT2D eigenvalue weighted by Crippen LogP contribution is 2.18. The van der Waals surface area contributed by atoms with Crippen molar-refractivity contribution < 1.29 is 4.80 Å². The number of nitrogens with zero attached hydrogens (tertiary/aromatic N) is 5. The van der Waals surface area contributed by atoms with Crippen molar-refractivity contribution in [3.05, 3.63) is 107 Å². The molecule has 0 atom stereocenters. The molecule has 34 heavy (non-hydrogen) atoms. The second kappa shape index (κ2) is 14.3. The summed E-state index contributed by atoms with van der Waals surface area (Å²) in [6.07, 6.45) is 2.24. The first kappa shape index (κ1) is 26.4. The molecule has 0 aliphatic rings. The SMILES string of the molecule is CC(C)Cc1ccccc1.CCc1ccc(-[n+]2nnn[nH]2)cc1.[C-]#[N+]c1ccc(C(C)C)cc1. The first-order chi connectivity index (χ1) is 16.4. The van der Waals surface area contributed by atoms with Crippen LogP contribution in [0.3, 0.4) is 0 Å². The average molecular weight is 456 g/mol. The van der Waals surface area contributed by atoms with Gasteiger partial charge in [0.15, 0.2) is 11.4 Å². The van der Waals surface area contributed by atoms with Crippen molar-refractivity contribution in [3.63, 3.8) is 0 Å². The summed E-state index contributed by atoms with van der Waals surface area (Å²) in [5.74, 6) is 1.32. The van der Waals surface area contributed by atoms with E-state index in [9.17, 15) is 0 Å². The summed E-state index contributed by atoms with van der Waals surface area (Å²) in [6, 6.07) is 26.4. The Morgan fingerprint density at radius 3 is 1.97 bits per heavy atom. The smallest absolute Gasteiger partial charge is 0.231 e. The number of aromatic amines is 1. The molecular formula is C28H35N6+. The van der Waals surface area contributed by atoms with Gasteiger partial charge in [0.2, 0.25) is 10.4 Å². The minimum Gasteiger partial charge on any atom is -0.238 e. The minimum atomic E-state index is 0.551. The molecule has 0 fully saturated rings. The Balaban J connectivity index is 0.000000182. The maximum atomic E-state index is 6.75. The molecule has 176 valence electrons. The third kappa shape index (κ3) is 9.33. The van der Waals surface area contributed by atoms with Crippen LogP contribution in [0, 0.1) is 12.5 Å². The van der Waals surface area contributed by atoms with Crippen molar-refractivity contribution in [2.75, 3.05) is 0 Å². The molecule has 0 saturated heterocycles. The highest BCUT2D eigenvalue weighted by atomic mass is 15.7. The van der Waals surface area contributed by atoms with Crippen LogP contribution < -0.4 is 4.80 Å². The van der Waals surface area contributed by atoms with E-state index in [0.717, 1.165) is 23.7 Å². The van der Waals surface area contributed by atoms with Crippen molar-refractivity contribution in [2.24, 2.45) is 5.92 Å². The molecule has 0 aliphatic carbocycles. The Bertz CT molecular complexity index is 1090. The van der Waals surface area contributed by atoms with Gasteiger partial charge in [-0.2, -0.15) is 0 Å². The maximum absolute atomic E-state index is 6.75. The topological polar surface area (TPSA) is 62.7 Å². The van der Waals surface area contributed by atoms with Gasteiger partial charge in [-0.15, -0.1) is 0 Å². The van der Waals surface area contributed by atoms with Gasteiger partial charge in [0.05, 0.1) is 6.57 Å². The molecule has 3 aromatic carbocycles. The molecule has 0 unspecified atom stereocenters. The van der Waals surface area contributed by atoms with Gasteiger partial charge >= 0.3 is 0 Å². The van der Waals surface area contributed by atoms with Crippen LogP contribution in [0.2, 0.25) is 0 Å². The third-order valence-corrected chi connectivity index (χ3v) is 5.08. The van der Waals surface area contributed by atoms with Gasteiger partial charge in [-0.25, -0.2) is 4.85 Å². The van der Waals surface area contributed by atoms with Gasteiger partial charge in [0.1, 0.15) is 5.21 Å². The lowest BCUT2D eigenvalue weighted by Gasteiger charge is -2.03. The number of aryl methyl sites for hydroxylation is 1. The number of H-pyrrole nitrogens is 1. The summed E-state index contributed by atoms with van der Waals surface area (Å²) < 4.78 is 0. The van der Waals surface area contributed by atoms with Crippen LogP contribution in [0.1, 0.15) is 57.2 Å². The van der Waals surface area contributed by atoms with E-state index < -0.39 is 0 Å². The third-order valence-electron chi connectivity index (χ3n) is 5.08. The molecule has 4 aromatic rings. The lowest BCUT2D eigenvalue weighted by molar-refractivity contribution is -0.719. The van der Waals surface area contributed by atoms with Crippen molar-refractivity contribution >= 4 is 5.69 Å². The van der Waals surface area contributed by atoms with E-state index >= 15 is 0 Å². The average Bonchev–Trinajstić information content (AvgIpc) is 3.40. The second-order valence-electron chi connectivity index (χ2n) is 8.65. The van der Waals surface area contributed by atoms with Gasteiger partial charge in [-0.3, -0.25) is 0 Å². The summed E-state index contributed by atoms with van der Waals surface area (Å²) in [5.41, 5.74) is 5.68. The zero-order chi connectivity index (χ0) is 24.8. The maximum Gasteiger partial charge on any atom is 0.231 e. The molecule has 1 aromatic heterocycles. The summed E-state index contributed by atoms with van der Waals surface area (Å²) in [7, 11) is 0. The molecule has 4 rings (SSSR count). The van der Waals surface area contributed by atoms with Crippen LogP contribution in [-0.4, -0.2) is 20.9 Å². The highest BCUT2D eigenvalue weighted by molar-refractivity contribution is 5.45. The van der Waals surface area contributed by atoms with E-state index in [1.54, 1.807) is 0 Å². The van der Waals surface area contributed by atoms with Crippen LogP contribution in [0.15, 0.2) is 78.9 Å². The Morgan fingerprint density at radius 2 is 1.50 bits per heavy atom. The van der Waals surface area contributed by atoms with E-state index in [4.69, 9.17) is 6.57 Å². The first-order valence-corrected chi connectivity index (χ1v) is 11.7. The zero-order valence-corrected chi connectivity index (χ0v) is 20.8. The number of hydrogen-bond donors (Lipinski definition) is 1.